The van der Waals surface area contributed by atoms with Crippen LogP contribution in [0.4, 0.5) is 0 Å². The lowest BCUT2D eigenvalue weighted by Gasteiger charge is -2.38. The molecule has 4 nitrogen and oxygen atoms in total. The molecule has 1 aromatic rings. The Morgan fingerprint density at radius 1 is 1.33 bits per heavy atom. The summed E-state index contributed by atoms with van der Waals surface area (Å²) in [5.41, 5.74) is 6.98. The molecule has 1 aromatic carbocycles. The molecule has 0 bridgehead atoms. The molecule has 0 aromatic heterocycles. The van der Waals surface area contributed by atoms with Gasteiger partial charge in [0.2, 0.25) is 5.91 Å². The van der Waals surface area contributed by atoms with Crippen LogP contribution in [0.25, 0.3) is 0 Å². The molecule has 1 amide bonds. The average molecular weight is 289 g/mol. The van der Waals surface area contributed by atoms with Crippen LogP contribution in [0.3, 0.4) is 0 Å². The van der Waals surface area contributed by atoms with Gasteiger partial charge in [0.25, 0.3) is 0 Å². The highest BCUT2D eigenvalue weighted by molar-refractivity contribution is 5.81. The molecule has 0 saturated heterocycles. The van der Waals surface area contributed by atoms with Crippen LogP contribution in [0.5, 0.6) is 0 Å². The van der Waals surface area contributed by atoms with Crippen LogP contribution in [-0.4, -0.2) is 36.0 Å². The van der Waals surface area contributed by atoms with Gasteiger partial charge < -0.3 is 11.1 Å². The molecule has 3 atom stereocenters. The van der Waals surface area contributed by atoms with E-state index in [4.69, 9.17) is 5.73 Å². The summed E-state index contributed by atoms with van der Waals surface area (Å²) in [6.07, 6.45) is 4.59. The molecule has 0 radical (unpaired) electrons. The average Bonchev–Trinajstić information content (AvgIpc) is 2.48. The Kier molecular flexibility index (Phi) is 5.76. The number of nitrogens with two attached hydrogens (primary N) is 1. The number of nitrogens with one attached hydrogen (secondary N) is 1. The van der Waals surface area contributed by atoms with Gasteiger partial charge in [0, 0.05) is 18.6 Å². The van der Waals surface area contributed by atoms with Gasteiger partial charge in [-0.25, -0.2) is 0 Å². The Morgan fingerprint density at radius 2 is 2.00 bits per heavy atom. The van der Waals surface area contributed by atoms with E-state index in [2.05, 4.69) is 41.5 Å². The second kappa shape index (κ2) is 7.57. The third-order valence-corrected chi connectivity index (χ3v) is 4.31. The van der Waals surface area contributed by atoms with Crippen molar-refractivity contribution >= 4 is 5.91 Å². The number of nitrogens with zero attached hydrogens (tertiary/aromatic N) is 1. The summed E-state index contributed by atoms with van der Waals surface area (Å²) in [4.78, 5) is 14.2. The first kappa shape index (κ1) is 16.0. The molecule has 0 spiro atoms. The summed E-state index contributed by atoms with van der Waals surface area (Å²) < 4.78 is 0. The maximum absolute atomic E-state index is 11.9. The predicted molar refractivity (Wildman–Crippen MR) is 85.7 cm³/mol. The Hall–Kier alpha value is -1.39. The first-order valence-corrected chi connectivity index (χ1v) is 7.88. The zero-order chi connectivity index (χ0) is 15.2. The summed E-state index contributed by atoms with van der Waals surface area (Å²) in [5, 5.41) is 3.13. The van der Waals surface area contributed by atoms with Crippen molar-refractivity contribution < 1.29 is 4.79 Å². The third kappa shape index (κ3) is 4.55. The van der Waals surface area contributed by atoms with Gasteiger partial charge in [-0.2, -0.15) is 0 Å². The van der Waals surface area contributed by atoms with E-state index < -0.39 is 6.04 Å². The molecule has 1 saturated carbocycles. The van der Waals surface area contributed by atoms with Gasteiger partial charge in [0.1, 0.15) is 0 Å². The molecule has 1 aliphatic carbocycles. The number of hydrogen-bond acceptors (Lipinski definition) is 3. The van der Waals surface area contributed by atoms with E-state index in [1.54, 1.807) is 6.92 Å². The van der Waals surface area contributed by atoms with Crippen LogP contribution < -0.4 is 11.1 Å². The molecule has 0 aliphatic heterocycles. The van der Waals surface area contributed by atoms with Crippen molar-refractivity contribution in [2.75, 3.05) is 7.05 Å². The summed E-state index contributed by atoms with van der Waals surface area (Å²) >= 11 is 0. The van der Waals surface area contributed by atoms with Crippen molar-refractivity contribution in [3.8, 4) is 0 Å². The SMILES string of the molecule is CC(N)C(=O)NC1CCCC[C@@H]1N(C)Cc1ccccc1. The minimum atomic E-state index is -0.438. The Balaban J connectivity index is 1.98. The molecule has 2 rings (SSSR count). The number of benzene rings is 1. The molecule has 0 heterocycles. The molecule has 1 fully saturated rings. The van der Waals surface area contributed by atoms with Crippen molar-refractivity contribution in [1.82, 2.24) is 10.2 Å². The van der Waals surface area contributed by atoms with Crippen molar-refractivity contribution in [2.24, 2.45) is 5.73 Å². The minimum absolute atomic E-state index is 0.0417. The Labute approximate surface area is 127 Å². The van der Waals surface area contributed by atoms with E-state index in [-0.39, 0.29) is 11.9 Å². The van der Waals surface area contributed by atoms with Crippen molar-refractivity contribution in [1.29, 1.82) is 0 Å². The summed E-state index contributed by atoms with van der Waals surface area (Å²) in [6.45, 7) is 2.65. The van der Waals surface area contributed by atoms with Crippen LogP contribution in [0, 0.1) is 0 Å². The number of likely N-dealkylation sites (N-methyl/N-ethyl adjacent to an activating group) is 1. The van der Waals surface area contributed by atoms with Gasteiger partial charge in [-0.3, -0.25) is 9.69 Å². The zero-order valence-corrected chi connectivity index (χ0v) is 13.1. The zero-order valence-electron chi connectivity index (χ0n) is 13.1. The predicted octanol–water partition coefficient (Wildman–Crippen LogP) is 1.89. The number of rotatable bonds is 5. The van der Waals surface area contributed by atoms with Crippen LogP contribution >= 0.6 is 0 Å². The summed E-state index contributed by atoms with van der Waals surface area (Å²) in [7, 11) is 2.15. The minimum Gasteiger partial charge on any atom is -0.350 e. The fourth-order valence-electron chi connectivity index (χ4n) is 3.11. The lowest BCUT2D eigenvalue weighted by atomic mass is 9.89. The Bertz CT molecular complexity index is 447. The lowest BCUT2D eigenvalue weighted by molar-refractivity contribution is -0.123. The molecular formula is C17H27N3O. The van der Waals surface area contributed by atoms with Crippen LogP contribution in [0.15, 0.2) is 30.3 Å². The third-order valence-electron chi connectivity index (χ3n) is 4.31. The van der Waals surface area contributed by atoms with Gasteiger partial charge >= 0.3 is 0 Å². The largest absolute Gasteiger partial charge is 0.350 e. The number of carbonyl (C=O) groups excluding carboxylic acids is 1. The fraction of sp³-hybridized carbons (Fsp3) is 0.588. The number of hydrogen-bond donors (Lipinski definition) is 2. The highest BCUT2D eigenvalue weighted by Gasteiger charge is 2.29. The number of carbonyl (C=O) groups is 1. The van der Waals surface area contributed by atoms with Gasteiger partial charge in [0.05, 0.1) is 6.04 Å². The smallest absolute Gasteiger partial charge is 0.236 e. The molecular weight excluding hydrogens is 262 g/mol. The highest BCUT2D eigenvalue weighted by atomic mass is 16.2. The first-order valence-electron chi connectivity index (χ1n) is 7.88. The molecule has 1 aliphatic rings. The van der Waals surface area contributed by atoms with Crippen LogP contribution in [0.2, 0.25) is 0 Å². The lowest BCUT2D eigenvalue weighted by Crippen LogP contribution is -2.54. The van der Waals surface area contributed by atoms with Crippen LogP contribution in [0.1, 0.15) is 38.2 Å². The van der Waals surface area contributed by atoms with Crippen LogP contribution in [-0.2, 0) is 11.3 Å². The van der Waals surface area contributed by atoms with Crippen molar-refractivity contribution in [3.05, 3.63) is 35.9 Å². The quantitative estimate of drug-likeness (QED) is 0.870. The fourth-order valence-corrected chi connectivity index (χ4v) is 3.11. The molecule has 116 valence electrons. The summed E-state index contributed by atoms with van der Waals surface area (Å²) in [5.74, 6) is -0.0417. The molecule has 3 N–H and O–H groups in total. The molecule has 4 heteroatoms. The normalized spacial score (nSPS) is 23.8. The van der Waals surface area contributed by atoms with Gasteiger partial charge in [-0.15, -0.1) is 0 Å². The number of amides is 1. The van der Waals surface area contributed by atoms with E-state index >= 15 is 0 Å². The van der Waals surface area contributed by atoms with E-state index in [0.29, 0.717) is 6.04 Å². The topological polar surface area (TPSA) is 58.4 Å². The molecule has 21 heavy (non-hydrogen) atoms. The maximum Gasteiger partial charge on any atom is 0.236 e. The van der Waals surface area contributed by atoms with E-state index in [1.165, 1.54) is 18.4 Å². The first-order chi connectivity index (χ1) is 10.1. The van der Waals surface area contributed by atoms with Crippen molar-refractivity contribution in [3.63, 3.8) is 0 Å². The second-order valence-electron chi connectivity index (χ2n) is 6.16. The van der Waals surface area contributed by atoms with Gasteiger partial charge in [0.15, 0.2) is 0 Å². The highest BCUT2D eigenvalue weighted by Crippen LogP contribution is 2.23. The van der Waals surface area contributed by atoms with Gasteiger partial charge in [-0.05, 0) is 32.4 Å². The van der Waals surface area contributed by atoms with Crippen molar-refractivity contribution in [2.45, 2.75) is 57.3 Å². The van der Waals surface area contributed by atoms with E-state index in [1.807, 2.05) is 6.07 Å². The van der Waals surface area contributed by atoms with E-state index in [9.17, 15) is 4.79 Å². The maximum atomic E-state index is 11.9. The van der Waals surface area contributed by atoms with E-state index in [0.717, 1.165) is 19.4 Å². The Morgan fingerprint density at radius 3 is 2.67 bits per heavy atom. The second-order valence-corrected chi connectivity index (χ2v) is 6.16. The standard InChI is InChI=1S/C17H27N3O/c1-13(18)17(21)19-15-10-6-7-11-16(15)20(2)12-14-8-4-3-5-9-14/h3-5,8-9,13,15-16H,6-7,10-12,18H2,1-2H3,(H,19,21)/t13?,15?,16-/m0/s1. The monoisotopic (exact) mass is 289 g/mol. The molecule has 2 unspecified atom stereocenters. The summed E-state index contributed by atoms with van der Waals surface area (Å²) in [6, 6.07) is 10.6. The van der Waals surface area contributed by atoms with Gasteiger partial charge in [-0.1, -0.05) is 43.2 Å².